The van der Waals surface area contributed by atoms with Gasteiger partial charge in [0.25, 0.3) is 0 Å². The van der Waals surface area contributed by atoms with Gasteiger partial charge in [-0.05, 0) is 34.0 Å². The first-order valence-corrected chi connectivity index (χ1v) is 6.04. The van der Waals surface area contributed by atoms with Crippen LogP contribution in [-0.2, 0) is 5.88 Å². The molecule has 2 aromatic rings. The number of halogens is 2. The Bertz CT molecular complexity index is 412. The fourth-order valence-electron chi connectivity index (χ4n) is 0.919. The summed E-state index contributed by atoms with van der Waals surface area (Å²) < 4.78 is 6.45. The average Bonchev–Trinajstić information content (AvgIpc) is 2.71. The molecule has 0 fully saturated rings. The minimum Gasteiger partial charge on any atom is -0.443 e. The van der Waals surface area contributed by atoms with Crippen LogP contribution in [0.15, 0.2) is 22.1 Å². The second kappa shape index (κ2) is 3.98. The van der Waals surface area contributed by atoms with Crippen molar-refractivity contribution in [3.8, 4) is 10.8 Å². The molecule has 0 aliphatic heterocycles. The molecule has 0 radical (unpaired) electrons. The third-order valence-electron chi connectivity index (χ3n) is 1.50. The van der Waals surface area contributed by atoms with Gasteiger partial charge in [-0.15, -0.1) is 22.9 Å². The molecule has 2 rings (SSSR count). The van der Waals surface area contributed by atoms with Crippen molar-refractivity contribution in [2.24, 2.45) is 0 Å². The fourth-order valence-corrected chi connectivity index (χ4v) is 2.79. The van der Waals surface area contributed by atoms with E-state index in [1.807, 2.05) is 11.4 Å². The Balaban J connectivity index is 2.41. The Hall–Kier alpha value is -0.0700. The summed E-state index contributed by atoms with van der Waals surface area (Å²) in [5, 5.41) is 2.02. The van der Waals surface area contributed by atoms with E-state index in [0.29, 0.717) is 11.8 Å². The van der Waals surface area contributed by atoms with Gasteiger partial charge in [0, 0.05) is 3.57 Å². The number of hydrogen-bond donors (Lipinski definition) is 0. The number of hydrogen-bond acceptors (Lipinski definition) is 3. The number of aromatic nitrogens is 1. The monoisotopic (exact) mass is 325 g/mol. The maximum Gasteiger partial charge on any atom is 0.237 e. The van der Waals surface area contributed by atoms with Gasteiger partial charge < -0.3 is 4.42 Å². The van der Waals surface area contributed by atoms with Crippen molar-refractivity contribution in [3.63, 3.8) is 0 Å². The van der Waals surface area contributed by atoms with Crippen LogP contribution in [-0.4, -0.2) is 4.98 Å². The SMILES string of the molecule is ClCc1coc(-c2sccc2I)n1. The first kappa shape index (κ1) is 9.48. The average molecular weight is 326 g/mol. The molecule has 0 atom stereocenters. The Morgan fingerprint density at radius 1 is 1.62 bits per heavy atom. The van der Waals surface area contributed by atoms with Crippen LogP contribution in [0.3, 0.4) is 0 Å². The van der Waals surface area contributed by atoms with E-state index in [1.54, 1.807) is 17.6 Å². The Morgan fingerprint density at radius 3 is 3.00 bits per heavy atom. The molecule has 0 saturated carbocycles. The van der Waals surface area contributed by atoms with E-state index >= 15 is 0 Å². The Morgan fingerprint density at radius 2 is 2.46 bits per heavy atom. The number of rotatable bonds is 2. The van der Waals surface area contributed by atoms with Crippen molar-refractivity contribution >= 4 is 45.5 Å². The zero-order chi connectivity index (χ0) is 9.26. The molecule has 0 N–H and O–H groups in total. The molecule has 2 nitrogen and oxygen atoms in total. The summed E-state index contributed by atoms with van der Waals surface area (Å²) in [4.78, 5) is 5.31. The molecule has 13 heavy (non-hydrogen) atoms. The van der Waals surface area contributed by atoms with Crippen molar-refractivity contribution in [1.82, 2.24) is 4.98 Å². The second-order valence-electron chi connectivity index (χ2n) is 2.38. The van der Waals surface area contributed by atoms with Gasteiger partial charge in [-0.2, -0.15) is 0 Å². The van der Waals surface area contributed by atoms with Crippen LogP contribution in [0.5, 0.6) is 0 Å². The molecular weight excluding hydrogens is 321 g/mol. The Labute approximate surface area is 98.1 Å². The van der Waals surface area contributed by atoms with E-state index in [1.165, 1.54) is 0 Å². The molecule has 2 aromatic heterocycles. The second-order valence-corrected chi connectivity index (χ2v) is 4.72. The summed E-state index contributed by atoms with van der Waals surface area (Å²) in [5.41, 5.74) is 0.779. The third kappa shape index (κ3) is 1.89. The normalized spacial score (nSPS) is 10.6. The van der Waals surface area contributed by atoms with Crippen molar-refractivity contribution < 1.29 is 4.42 Å². The lowest BCUT2D eigenvalue weighted by Crippen LogP contribution is -1.77. The smallest absolute Gasteiger partial charge is 0.237 e. The van der Waals surface area contributed by atoms with Crippen LogP contribution in [0.4, 0.5) is 0 Å². The van der Waals surface area contributed by atoms with E-state index in [4.69, 9.17) is 16.0 Å². The molecule has 0 aliphatic rings. The summed E-state index contributed by atoms with van der Waals surface area (Å²) in [7, 11) is 0. The first-order valence-electron chi connectivity index (χ1n) is 3.55. The quantitative estimate of drug-likeness (QED) is 0.621. The summed E-state index contributed by atoms with van der Waals surface area (Å²) in [6, 6.07) is 2.03. The molecule has 0 unspecified atom stereocenters. The van der Waals surface area contributed by atoms with Gasteiger partial charge in [0.05, 0.1) is 11.6 Å². The van der Waals surface area contributed by atoms with E-state index < -0.39 is 0 Å². The van der Waals surface area contributed by atoms with Gasteiger partial charge in [-0.1, -0.05) is 0 Å². The number of thiophene rings is 1. The van der Waals surface area contributed by atoms with E-state index in [9.17, 15) is 0 Å². The predicted octanol–water partition coefficient (Wildman–Crippen LogP) is 3.75. The number of oxazole rings is 1. The zero-order valence-corrected chi connectivity index (χ0v) is 10.2. The van der Waals surface area contributed by atoms with Crippen LogP contribution in [0.2, 0.25) is 0 Å². The van der Waals surface area contributed by atoms with Crippen molar-refractivity contribution in [3.05, 3.63) is 27.0 Å². The largest absolute Gasteiger partial charge is 0.443 e. The van der Waals surface area contributed by atoms with Gasteiger partial charge in [0.1, 0.15) is 11.1 Å². The van der Waals surface area contributed by atoms with E-state index in [0.717, 1.165) is 14.1 Å². The van der Waals surface area contributed by atoms with Gasteiger partial charge in [-0.3, -0.25) is 0 Å². The predicted molar refractivity (Wildman–Crippen MR) is 62.1 cm³/mol. The first-order chi connectivity index (χ1) is 6.31. The van der Waals surface area contributed by atoms with Gasteiger partial charge in [0.15, 0.2) is 0 Å². The summed E-state index contributed by atoms with van der Waals surface area (Å²) >= 11 is 9.50. The number of alkyl halides is 1. The lowest BCUT2D eigenvalue weighted by molar-refractivity contribution is 0.574. The van der Waals surface area contributed by atoms with E-state index in [2.05, 4.69) is 27.6 Å². The van der Waals surface area contributed by atoms with Crippen LogP contribution in [0.1, 0.15) is 5.69 Å². The maximum atomic E-state index is 5.62. The molecular formula is C8H5ClINOS. The lowest BCUT2D eigenvalue weighted by Gasteiger charge is -1.88. The molecule has 5 heteroatoms. The molecule has 0 saturated heterocycles. The molecule has 2 heterocycles. The van der Waals surface area contributed by atoms with Crippen molar-refractivity contribution in [2.75, 3.05) is 0 Å². The molecule has 68 valence electrons. The molecule has 0 spiro atoms. The molecule has 0 amide bonds. The summed E-state index contributed by atoms with van der Waals surface area (Å²) in [5.74, 6) is 1.06. The summed E-state index contributed by atoms with van der Waals surface area (Å²) in [6.45, 7) is 0. The van der Waals surface area contributed by atoms with Crippen molar-refractivity contribution in [1.29, 1.82) is 0 Å². The highest BCUT2D eigenvalue weighted by Crippen LogP contribution is 2.29. The minimum absolute atomic E-state index is 0.394. The zero-order valence-electron chi connectivity index (χ0n) is 6.46. The molecule has 0 aromatic carbocycles. The van der Waals surface area contributed by atoms with Gasteiger partial charge >= 0.3 is 0 Å². The molecule has 0 bridgehead atoms. The van der Waals surface area contributed by atoms with Crippen LogP contribution < -0.4 is 0 Å². The highest BCUT2D eigenvalue weighted by atomic mass is 127. The standard InChI is InChI=1S/C8H5ClINOS/c9-3-5-4-12-8(11-5)7-6(10)1-2-13-7/h1-2,4H,3H2. The summed E-state index contributed by atoms with van der Waals surface area (Å²) in [6.07, 6.45) is 1.60. The lowest BCUT2D eigenvalue weighted by atomic mass is 10.5. The van der Waals surface area contributed by atoms with Crippen molar-refractivity contribution in [2.45, 2.75) is 5.88 Å². The van der Waals surface area contributed by atoms with Crippen LogP contribution >= 0.6 is 45.5 Å². The maximum absolute atomic E-state index is 5.62. The van der Waals surface area contributed by atoms with Gasteiger partial charge in [0.2, 0.25) is 5.89 Å². The van der Waals surface area contributed by atoms with Crippen LogP contribution in [0, 0.1) is 3.57 Å². The number of nitrogens with zero attached hydrogens (tertiary/aromatic N) is 1. The topological polar surface area (TPSA) is 26.0 Å². The third-order valence-corrected chi connectivity index (χ3v) is 3.94. The van der Waals surface area contributed by atoms with Crippen LogP contribution in [0.25, 0.3) is 10.8 Å². The fraction of sp³-hybridized carbons (Fsp3) is 0.125. The highest BCUT2D eigenvalue weighted by Gasteiger charge is 2.10. The molecule has 0 aliphatic carbocycles. The van der Waals surface area contributed by atoms with Gasteiger partial charge in [-0.25, -0.2) is 4.98 Å². The van der Waals surface area contributed by atoms with E-state index in [-0.39, 0.29) is 0 Å². The Kier molecular flexibility index (Phi) is 2.90. The highest BCUT2D eigenvalue weighted by molar-refractivity contribution is 14.1. The minimum atomic E-state index is 0.394.